The predicted molar refractivity (Wildman–Crippen MR) is 114 cm³/mol. The van der Waals surface area contributed by atoms with Gasteiger partial charge < -0.3 is 0 Å². The molecule has 0 fully saturated rings. The van der Waals surface area contributed by atoms with Gasteiger partial charge in [0, 0.05) is 0 Å². The molecule has 0 aliphatic heterocycles. The molecule has 0 heterocycles. The zero-order chi connectivity index (χ0) is 19.4. The summed E-state index contributed by atoms with van der Waals surface area (Å²) in [5.41, 5.74) is 9.13. The molecule has 0 radical (unpaired) electrons. The van der Waals surface area contributed by atoms with Gasteiger partial charge in [-0.2, -0.15) is 0 Å². The van der Waals surface area contributed by atoms with Crippen molar-refractivity contribution >= 4 is 10.1 Å². The molecule has 0 atom stereocenters. The molecule has 27 heavy (non-hydrogen) atoms. The van der Waals surface area contributed by atoms with Gasteiger partial charge in [0.1, 0.15) is 0 Å². The van der Waals surface area contributed by atoms with Gasteiger partial charge in [-0.15, -0.1) is 0 Å². The van der Waals surface area contributed by atoms with Crippen molar-refractivity contribution in [1.82, 2.24) is 0 Å². The van der Waals surface area contributed by atoms with Gasteiger partial charge in [0.2, 0.25) is 0 Å². The summed E-state index contributed by atoms with van der Waals surface area (Å²) >= 11 is -0.972. The average Bonchev–Trinajstić information content (AvgIpc) is 2.63. The van der Waals surface area contributed by atoms with Crippen LogP contribution in [-0.2, 0) is 23.3 Å². The first-order valence-electron chi connectivity index (χ1n) is 9.32. The zero-order valence-electron chi connectivity index (χ0n) is 16.8. The quantitative estimate of drug-likeness (QED) is 0.350. The van der Waals surface area contributed by atoms with Crippen LogP contribution >= 0.6 is 0 Å². The predicted octanol–water partition coefficient (Wildman–Crippen LogP) is 6.96. The number of nitrogens with zero attached hydrogens (tertiary/aromatic N) is 1. The van der Waals surface area contributed by atoms with E-state index in [9.17, 15) is 0 Å². The second-order valence-corrected chi connectivity index (χ2v) is 9.95. The van der Waals surface area contributed by atoms with E-state index in [4.69, 9.17) is 3.50 Å². The van der Waals surface area contributed by atoms with Crippen LogP contribution in [0.4, 0.5) is 5.69 Å². The molecule has 138 valence electrons. The molecule has 0 spiro atoms. The Bertz CT molecular complexity index is 986. The third-order valence-corrected chi connectivity index (χ3v) is 8.45. The molecule has 0 aromatic heterocycles. The summed E-state index contributed by atoms with van der Waals surface area (Å²) in [6, 6.07) is 23.9. The fourth-order valence-corrected chi connectivity index (χ4v) is 6.13. The summed E-state index contributed by atoms with van der Waals surface area (Å²) in [7, 11) is 0. The van der Waals surface area contributed by atoms with Gasteiger partial charge in [0.15, 0.2) is 0 Å². The minimum absolute atomic E-state index is 0.0695. The van der Waals surface area contributed by atoms with Crippen LogP contribution in [0, 0.1) is 20.8 Å². The summed E-state index contributed by atoms with van der Waals surface area (Å²) in [6.07, 6.45) is 0. The Kier molecular flexibility index (Phi) is 6.12. The van der Waals surface area contributed by atoms with Gasteiger partial charge in [-0.05, 0) is 0 Å². The summed E-state index contributed by atoms with van der Waals surface area (Å²) in [6.45, 7) is 11.2. The van der Waals surface area contributed by atoms with Gasteiger partial charge in [0.25, 0.3) is 0 Å². The van der Waals surface area contributed by atoms with E-state index in [1.165, 1.54) is 33.4 Å². The number of hydrogen-bond acceptors (Lipinski definition) is 1. The van der Waals surface area contributed by atoms with Gasteiger partial charge in [-0.1, -0.05) is 0 Å². The number of rotatable bonds is 4. The van der Waals surface area contributed by atoms with Crippen LogP contribution in [0.1, 0.15) is 36.1 Å². The van der Waals surface area contributed by atoms with Crippen LogP contribution in [-0.4, -0.2) is 4.40 Å². The van der Waals surface area contributed by atoms with Crippen LogP contribution in [0.15, 0.2) is 70.2 Å². The first-order valence-corrected chi connectivity index (χ1v) is 12.3. The monoisotopic (exact) mass is 525 g/mol. The van der Waals surface area contributed by atoms with E-state index in [1.807, 2.05) is 0 Å². The molecule has 0 aliphatic rings. The van der Waals surface area contributed by atoms with Crippen LogP contribution in [0.5, 0.6) is 0 Å². The van der Waals surface area contributed by atoms with Crippen LogP contribution < -0.4 is 0 Å². The summed E-state index contributed by atoms with van der Waals surface area (Å²) in [5, 5.41) is 0. The third-order valence-electron chi connectivity index (χ3n) is 4.87. The van der Waals surface area contributed by atoms with Crippen molar-refractivity contribution in [2.24, 2.45) is 3.50 Å². The zero-order valence-corrected chi connectivity index (χ0v) is 19.7. The topological polar surface area (TPSA) is 12.4 Å². The van der Waals surface area contributed by atoms with Gasteiger partial charge in [-0.25, -0.2) is 0 Å². The van der Waals surface area contributed by atoms with Crippen molar-refractivity contribution in [1.29, 1.82) is 0 Å². The van der Waals surface area contributed by atoms with Gasteiger partial charge in [0.05, 0.1) is 0 Å². The van der Waals surface area contributed by atoms with E-state index in [1.54, 1.807) is 0 Å². The van der Waals surface area contributed by atoms with Crippen molar-refractivity contribution in [3.05, 3.63) is 89.0 Å². The Labute approximate surface area is 171 Å². The Morgan fingerprint density at radius 2 is 1.41 bits per heavy atom. The molecule has 2 heteroatoms. The van der Waals surface area contributed by atoms with E-state index in [0.29, 0.717) is 0 Å². The van der Waals surface area contributed by atoms with E-state index in [2.05, 4.69) is 106 Å². The Morgan fingerprint density at radius 3 is 2.07 bits per heavy atom. The number of benzene rings is 3. The molecule has 0 amide bonds. The minimum atomic E-state index is -0.972. The molecule has 3 aromatic carbocycles. The molecular weight excluding hydrogens is 498 g/mol. The Hall–Kier alpha value is -1.98. The van der Waals surface area contributed by atoms with Crippen molar-refractivity contribution in [3.63, 3.8) is 0 Å². The maximum absolute atomic E-state index is 5.11. The molecule has 3 aromatic rings. The van der Waals surface area contributed by atoms with Crippen molar-refractivity contribution in [2.45, 2.75) is 40.0 Å². The summed E-state index contributed by atoms with van der Waals surface area (Å²) < 4.78 is 7.58. The number of hydrogen-bond donors (Lipinski definition) is 0. The molecular formula is C25H27NW. The van der Waals surface area contributed by atoms with E-state index >= 15 is 0 Å². The third kappa shape index (κ3) is 4.65. The molecule has 0 bridgehead atoms. The molecule has 3 rings (SSSR count). The molecule has 1 nitrogen and oxygen atoms in total. The normalized spacial score (nSPS) is 11.1. The second kappa shape index (κ2) is 8.36. The van der Waals surface area contributed by atoms with Crippen molar-refractivity contribution < 1.29 is 17.9 Å². The molecule has 0 saturated heterocycles. The Balaban J connectivity index is 2.02. The first-order chi connectivity index (χ1) is 12.9. The fourth-order valence-electron chi connectivity index (χ4n) is 3.52. The van der Waals surface area contributed by atoms with Crippen LogP contribution in [0.25, 0.3) is 11.1 Å². The van der Waals surface area contributed by atoms with Gasteiger partial charge in [-0.3, -0.25) is 0 Å². The van der Waals surface area contributed by atoms with Crippen LogP contribution in [0.3, 0.4) is 0 Å². The summed E-state index contributed by atoms with van der Waals surface area (Å²) in [4.78, 5) is 0. The molecule has 0 N–H and O–H groups in total. The second-order valence-electron chi connectivity index (χ2n) is 7.69. The first kappa shape index (κ1) is 19.8. The molecule has 0 saturated carbocycles. The van der Waals surface area contributed by atoms with E-state index < -0.39 is 17.9 Å². The van der Waals surface area contributed by atoms with E-state index in [0.717, 1.165) is 5.69 Å². The maximum atomic E-state index is 5.11. The van der Waals surface area contributed by atoms with E-state index in [-0.39, 0.29) is 5.41 Å². The molecule has 0 unspecified atom stereocenters. The fraction of sp³-hybridized carbons (Fsp3) is 0.240. The van der Waals surface area contributed by atoms with Crippen molar-refractivity contribution in [2.75, 3.05) is 0 Å². The van der Waals surface area contributed by atoms with Gasteiger partial charge >= 0.3 is 172 Å². The number of aryl methyl sites for hydroxylation is 3. The van der Waals surface area contributed by atoms with Crippen LogP contribution in [0.2, 0.25) is 0 Å². The average molecular weight is 525 g/mol. The SMILES string of the molecule is Cc1cc(C)c(-c2ccccc2[N]=[W]=[CH]C(C)(C)c2ccccc2)c(C)c1. The van der Waals surface area contributed by atoms with Crippen molar-refractivity contribution in [3.8, 4) is 11.1 Å². The Morgan fingerprint density at radius 1 is 0.815 bits per heavy atom. The standard InChI is InChI=1S/C15H15N.C10H12.W/c1-10-8-11(2)15(12(3)9-10)13-6-4-5-7-14(13)16;1-10(2,3)9-7-5-4-6-8-9;/h4-9H,1-3H3;1,4-8H,2-3H3;. The summed E-state index contributed by atoms with van der Waals surface area (Å²) in [5.74, 6) is 0. The molecule has 0 aliphatic carbocycles.